The van der Waals surface area contributed by atoms with Crippen LogP contribution < -0.4 is 15.7 Å². The van der Waals surface area contributed by atoms with Gasteiger partial charge in [0.2, 0.25) is 11.1 Å². The maximum absolute atomic E-state index is 13.5. The molecule has 0 fully saturated rings. The number of hydrogen-bond acceptors (Lipinski definition) is 6. The zero-order chi connectivity index (χ0) is 21.4. The van der Waals surface area contributed by atoms with E-state index in [0.29, 0.717) is 35.5 Å². The van der Waals surface area contributed by atoms with Crippen LogP contribution >= 0.6 is 11.3 Å². The Labute approximate surface area is 181 Å². The summed E-state index contributed by atoms with van der Waals surface area (Å²) in [5.74, 6) is 1.05. The van der Waals surface area contributed by atoms with Crippen LogP contribution in [0, 0.1) is 0 Å². The largest absolute Gasteiger partial charge is 0.497 e. The van der Waals surface area contributed by atoms with E-state index in [1.807, 2.05) is 47.8 Å². The molecule has 5 aromatic rings. The highest BCUT2D eigenvalue weighted by molar-refractivity contribution is 7.13. The van der Waals surface area contributed by atoms with Crippen molar-refractivity contribution in [3.05, 3.63) is 92.2 Å². The SMILES string of the molecule is COc1ccc2c(=O)c3c(=O)n(CCc4ccccc4)c(-c4cccs4)nc3oc2c1. The number of rotatable bonds is 5. The normalized spacial score (nSPS) is 11.3. The molecule has 31 heavy (non-hydrogen) atoms. The molecule has 6 nitrogen and oxygen atoms in total. The number of aromatic nitrogens is 2. The third-order valence-electron chi connectivity index (χ3n) is 5.21. The van der Waals surface area contributed by atoms with Crippen molar-refractivity contribution in [2.45, 2.75) is 13.0 Å². The van der Waals surface area contributed by atoms with Crippen LogP contribution in [0.4, 0.5) is 0 Å². The van der Waals surface area contributed by atoms with Crippen LogP contribution in [0.25, 0.3) is 32.8 Å². The van der Waals surface area contributed by atoms with Gasteiger partial charge in [-0.25, -0.2) is 0 Å². The molecule has 0 aliphatic heterocycles. The van der Waals surface area contributed by atoms with Crippen molar-refractivity contribution in [2.75, 3.05) is 7.11 Å². The summed E-state index contributed by atoms with van der Waals surface area (Å²) < 4.78 is 12.7. The number of nitrogens with zero attached hydrogens (tertiary/aromatic N) is 2. The van der Waals surface area contributed by atoms with Crippen molar-refractivity contribution in [3.63, 3.8) is 0 Å². The minimum absolute atomic E-state index is 0.0361. The first-order valence-electron chi connectivity index (χ1n) is 9.79. The maximum Gasteiger partial charge on any atom is 0.269 e. The molecular formula is C24H18N2O4S. The molecule has 0 atom stereocenters. The number of hydrogen-bond donors (Lipinski definition) is 0. The summed E-state index contributed by atoms with van der Waals surface area (Å²) in [6.45, 7) is 0.402. The lowest BCUT2D eigenvalue weighted by Gasteiger charge is -2.12. The van der Waals surface area contributed by atoms with Crippen LogP contribution in [-0.4, -0.2) is 16.7 Å². The van der Waals surface area contributed by atoms with E-state index >= 15 is 0 Å². The summed E-state index contributed by atoms with van der Waals surface area (Å²) in [5, 5.41) is 2.21. The van der Waals surface area contributed by atoms with Gasteiger partial charge in [0.05, 0.1) is 17.4 Å². The van der Waals surface area contributed by atoms with E-state index in [9.17, 15) is 9.59 Å². The first kappa shape index (κ1) is 19.3. The van der Waals surface area contributed by atoms with Crippen molar-refractivity contribution < 1.29 is 9.15 Å². The molecule has 2 aromatic carbocycles. The molecule has 3 aromatic heterocycles. The summed E-state index contributed by atoms with van der Waals surface area (Å²) in [7, 11) is 1.54. The Bertz CT molecular complexity index is 1500. The summed E-state index contributed by atoms with van der Waals surface area (Å²) >= 11 is 1.48. The monoisotopic (exact) mass is 430 g/mol. The Balaban J connectivity index is 1.76. The third kappa shape index (κ3) is 3.43. The van der Waals surface area contributed by atoms with Gasteiger partial charge in [0.1, 0.15) is 11.3 Å². The predicted molar refractivity (Wildman–Crippen MR) is 122 cm³/mol. The van der Waals surface area contributed by atoms with Crippen LogP contribution in [0.1, 0.15) is 5.56 Å². The van der Waals surface area contributed by atoms with Gasteiger partial charge in [0.25, 0.3) is 5.56 Å². The Hall–Kier alpha value is -3.71. The highest BCUT2D eigenvalue weighted by Crippen LogP contribution is 2.26. The number of methoxy groups -OCH3 is 1. The molecule has 154 valence electrons. The molecule has 7 heteroatoms. The zero-order valence-electron chi connectivity index (χ0n) is 16.7. The number of fused-ring (bicyclic) bond motifs is 2. The lowest BCUT2D eigenvalue weighted by atomic mass is 10.1. The maximum atomic E-state index is 13.5. The minimum Gasteiger partial charge on any atom is -0.497 e. The van der Waals surface area contributed by atoms with E-state index in [2.05, 4.69) is 4.98 Å². The van der Waals surface area contributed by atoms with Gasteiger partial charge in [-0.05, 0) is 35.6 Å². The summed E-state index contributed by atoms with van der Waals surface area (Å²) in [5.41, 5.74) is 0.695. The van der Waals surface area contributed by atoms with E-state index in [0.717, 1.165) is 10.4 Å². The lowest BCUT2D eigenvalue weighted by Crippen LogP contribution is -2.28. The van der Waals surface area contributed by atoms with Crippen LogP contribution in [0.15, 0.2) is 80.0 Å². The average molecular weight is 430 g/mol. The Kier molecular flexibility index (Phi) is 4.88. The van der Waals surface area contributed by atoms with Crippen LogP contribution in [0.5, 0.6) is 5.75 Å². The Morgan fingerprint density at radius 1 is 1.06 bits per heavy atom. The fraction of sp³-hybridized carbons (Fsp3) is 0.125. The second kappa shape index (κ2) is 7.85. The smallest absolute Gasteiger partial charge is 0.269 e. The third-order valence-corrected chi connectivity index (χ3v) is 6.08. The van der Waals surface area contributed by atoms with Crippen LogP contribution in [-0.2, 0) is 13.0 Å². The molecule has 0 aliphatic rings. The highest BCUT2D eigenvalue weighted by Gasteiger charge is 2.19. The van der Waals surface area contributed by atoms with Crippen molar-refractivity contribution in [2.24, 2.45) is 0 Å². The van der Waals surface area contributed by atoms with E-state index in [-0.39, 0.29) is 16.5 Å². The molecule has 0 radical (unpaired) electrons. The topological polar surface area (TPSA) is 74.3 Å². The number of aryl methyl sites for hydroxylation is 1. The molecule has 0 saturated carbocycles. The van der Waals surface area contributed by atoms with Crippen molar-refractivity contribution in [1.82, 2.24) is 9.55 Å². The second-order valence-corrected chi connectivity index (χ2v) is 8.03. The molecule has 0 unspecified atom stereocenters. The number of benzene rings is 2. The van der Waals surface area contributed by atoms with Gasteiger partial charge in [-0.3, -0.25) is 14.2 Å². The lowest BCUT2D eigenvalue weighted by molar-refractivity contribution is 0.414. The first-order chi connectivity index (χ1) is 15.2. The summed E-state index contributed by atoms with van der Waals surface area (Å²) in [4.78, 5) is 32.1. The second-order valence-electron chi connectivity index (χ2n) is 7.08. The summed E-state index contributed by atoms with van der Waals surface area (Å²) in [6.07, 6.45) is 0.641. The molecule has 0 amide bonds. The van der Waals surface area contributed by atoms with Gasteiger partial charge in [0.15, 0.2) is 11.2 Å². The first-order valence-corrected chi connectivity index (χ1v) is 10.7. The molecule has 3 heterocycles. The van der Waals surface area contributed by atoms with Crippen LogP contribution in [0.3, 0.4) is 0 Å². The number of ether oxygens (including phenoxy) is 1. The molecule has 5 rings (SSSR count). The van der Waals surface area contributed by atoms with Crippen molar-refractivity contribution in [1.29, 1.82) is 0 Å². The number of thiophene rings is 1. The quantitative estimate of drug-likeness (QED) is 0.384. The fourth-order valence-corrected chi connectivity index (χ4v) is 4.35. The van der Waals surface area contributed by atoms with Gasteiger partial charge in [-0.1, -0.05) is 36.4 Å². The Morgan fingerprint density at radius 3 is 2.65 bits per heavy atom. The highest BCUT2D eigenvalue weighted by atomic mass is 32.1. The molecule has 0 bridgehead atoms. The molecular weight excluding hydrogens is 412 g/mol. The average Bonchev–Trinajstić information content (AvgIpc) is 3.33. The molecule has 0 N–H and O–H groups in total. The van der Waals surface area contributed by atoms with E-state index in [1.54, 1.807) is 29.9 Å². The van der Waals surface area contributed by atoms with Gasteiger partial charge in [-0.2, -0.15) is 4.98 Å². The standard InChI is InChI=1S/C24H18N2O4S/c1-29-16-9-10-17-18(14-16)30-23-20(21(17)27)24(28)26(12-11-15-6-3-2-4-7-15)22(25-23)19-8-5-13-31-19/h2-10,13-14H,11-12H2,1H3. The van der Waals surface area contributed by atoms with Gasteiger partial charge in [-0.15, -0.1) is 11.3 Å². The predicted octanol–water partition coefficient (Wildman–Crippen LogP) is 4.48. The van der Waals surface area contributed by atoms with Crippen molar-refractivity contribution >= 4 is 33.4 Å². The van der Waals surface area contributed by atoms with Crippen molar-refractivity contribution in [3.8, 4) is 16.5 Å². The molecule has 0 saturated heterocycles. The zero-order valence-corrected chi connectivity index (χ0v) is 17.5. The van der Waals surface area contributed by atoms with E-state index in [4.69, 9.17) is 9.15 Å². The van der Waals surface area contributed by atoms with E-state index in [1.165, 1.54) is 11.3 Å². The van der Waals surface area contributed by atoms with Gasteiger partial charge >= 0.3 is 0 Å². The Morgan fingerprint density at radius 2 is 1.90 bits per heavy atom. The summed E-state index contributed by atoms with van der Waals surface area (Å²) in [6, 6.07) is 18.6. The molecule has 0 spiro atoms. The van der Waals surface area contributed by atoms with Crippen LogP contribution in [0.2, 0.25) is 0 Å². The van der Waals surface area contributed by atoms with Gasteiger partial charge < -0.3 is 9.15 Å². The van der Waals surface area contributed by atoms with E-state index < -0.39 is 5.56 Å². The fourth-order valence-electron chi connectivity index (χ4n) is 3.63. The van der Waals surface area contributed by atoms with Gasteiger partial charge in [0, 0.05) is 12.6 Å². The molecule has 0 aliphatic carbocycles. The minimum atomic E-state index is -0.393.